The molecule has 0 fully saturated rings. The van der Waals surface area contributed by atoms with E-state index in [4.69, 9.17) is 23.2 Å². The van der Waals surface area contributed by atoms with Gasteiger partial charge in [0.15, 0.2) is 0 Å². The van der Waals surface area contributed by atoms with Crippen LogP contribution in [-0.4, -0.2) is 4.98 Å². The topological polar surface area (TPSA) is 12.9 Å². The fourth-order valence-corrected chi connectivity index (χ4v) is 2.29. The maximum absolute atomic E-state index is 6.16. The summed E-state index contributed by atoms with van der Waals surface area (Å²) >= 11 is 14.4. The monoisotopic (exact) mass is 337 g/mol. The second-order valence-corrected chi connectivity index (χ2v) is 5.01. The van der Waals surface area contributed by atoms with Gasteiger partial charge < -0.3 is 0 Å². The molecule has 0 radical (unpaired) electrons. The predicted octanol–water partition coefficient (Wildman–Crippen LogP) is 4.45. The number of hydrogen-bond acceptors (Lipinski definition) is 1. The van der Waals surface area contributed by atoms with E-state index in [0.29, 0.717) is 5.02 Å². The van der Waals surface area contributed by atoms with E-state index in [0.717, 1.165) is 25.1 Å². The largest absolute Gasteiger partial charge is 0.253 e. The van der Waals surface area contributed by atoms with Crippen molar-refractivity contribution < 1.29 is 0 Å². The molecule has 0 spiro atoms. The average molecular weight is 338 g/mol. The third-order valence-corrected chi connectivity index (χ3v) is 3.79. The summed E-state index contributed by atoms with van der Waals surface area (Å²) in [6.07, 6.45) is 1.73. The van der Waals surface area contributed by atoms with Gasteiger partial charge in [-0.1, -0.05) is 23.2 Å². The molecule has 0 aliphatic heterocycles. The lowest BCUT2D eigenvalue weighted by Gasteiger charge is -2.04. The molecule has 72 valence electrons. The number of fused-ring (bicyclic) bond motifs is 1. The summed E-state index contributed by atoms with van der Waals surface area (Å²) in [7, 11) is 0. The summed E-state index contributed by atoms with van der Waals surface area (Å²) in [6.45, 7) is 1.99. The van der Waals surface area contributed by atoms with E-state index in [2.05, 4.69) is 27.6 Å². The number of nitrogens with zero attached hydrogens (tertiary/aromatic N) is 1. The highest BCUT2D eigenvalue weighted by Gasteiger charge is 2.07. The van der Waals surface area contributed by atoms with E-state index < -0.39 is 0 Å². The maximum atomic E-state index is 6.16. The second kappa shape index (κ2) is 3.83. The average Bonchev–Trinajstić information content (AvgIpc) is 2.12. The highest BCUT2D eigenvalue weighted by molar-refractivity contribution is 14.1. The van der Waals surface area contributed by atoms with Gasteiger partial charge in [-0.25, -0.2) is 0 Å². The smallest absolute Gasteiger partial charge is 0.0904 e. The van der Waals surface area contributed by atoms with Gasteiger partial charge in [0.1, 0.15) is 0 Å². The molecule has 1 aromatic carbocycles. The van der Waals surface area contributed by atoms with Crippen LogP contribution in [0.15, 0.2) is 18.3 Å². The van der Waals surface area contributed by atoms with Crippen LogP contribution in [0.25, 0.3) is 10.9 Å². The van der Waals surface area contributed by atoms with E-state index in [1.807, 2.05) is 19.1 Å². The zero-order valence-corrected chi connectivity index (χ0v) is 11.0. The number of hydrogen-bond donors (Lipinski definition) is 0. The molecule has 0 bridgehead atoms. The Kier molecular flexibility index (Phi) is 2.86. The van der Waals surface area contributed by atoms with Crippen molar-refractivity contribution in [3.63, 3.8) is 0 Å². The van der Waals surface area contributed by atoms with Gasteiger partial charge in [-0.2, -0.15) is 0 Å². The van der Waals surface area contributed by atoms with E-state index >= 15 is 0 Å². The number of aromatic nitrogens is 1. The lowest BCUT2D eigenvalue weighted by atomic mass is 10.1. The summed E-state index contributed by atoms with van der Waals surface area (Å²) in [5, 5.41) is 2.29. The molecule has 1 nitrogen and oxygen atoms in total. The predicted molar refractivity (Wildman–Crippen MR) is 69.2 cm³/mol. The molecule has 2 aromatic rings. The fraction of sp³-hybridized carbons (Fsp3) is 0.100. The Labute approximate surface area is 106 Å². The van der Waals surface area contributed by atoms with Gasteiger partial charge in [0, 0.05) is 11.6 Å². The van der Waals surface area contributed by atoms with Crippen LogP contribution in [0.2, 0.25) is 10.0 Å². The van der Waals surface area contributed by atoms with Crippen LogP contribution in [0.4, 0.5) is 0 Å². The van der Waals surface area contributed by atoms with Crippen molar-refractivity contribution in [3.8, 4) is 0 Å². The van der Waals surface area contributed by atoms with E-state index in [-0.39, 0.29) is 0 Å². The molecule has 2 rings (SSSR count). The van der Waals surface area contributed by atoms with Crippen molar-refractivity contribution in [2.24, 2.45) is 0 Å². The Morgan fingerprint density at radius 1 is 1.29 bits per heavy atom. The summed E-state index contributed by atoms with van der Waals surface area (Å²) in [6, 6.07) is 3.89. The van der Waals surface area contributed by atoms with Gasteiger partial charge in [0.05, 0.1) is 19.1 Å². The first-order valence-electron chi connectivity index (χ1n) is 3.99. The van der Waals surface area contributed by atoms with Crippen LogP contribution < -0.4 is 0 Å². The van der Waals surface area contributed by atoms with Crippen LogP contribution in [0, 0.1) is 10.5 Å². The number of halogens is 3. The standard InChI is InChI=1S/C10H6Cl2IN/c1-5-2-6-9(12)8(13)4-14-10(6)7(11)3-5/h2-4H,1H3. The van der Waals surface area contributed by atoms with Gasteiger partial charge in [0.2, 0.25) is 0 Å². The molecule has 4 heteroatoms. The van der Waals surface area contributed by atoms with Gasteiger partial charge in [-0.05, 0) is 47.2 Å². The summed E-state index contributed by atoms with van der Waals surface area (Å²) in [5.74, 6) is 0. The third kappa shape index (κ3) is 1.71. The first kappa shape index (κ1) is 10.5. The third-order valence-electron chi connectivity index (χ3n) is 1.96. The van der Waals surface area contributed by atoms with E-state index in [1.54, 1.807) is 6.20 Å². The quantitative estimate of drug-likeness (QED) is 0.647. The van der Waals surface area contributed by atoms with Crippen molar-refractivity contribution in [3.05, 3.63) is 37.5 Å². The van der Waals surface area contributed by atoms with Crippen molar-refractivity contribution in [1.82, 2.24) is 4.98 Å². The Morgan fingerprint density at radius 3 is 2.71 bits per heavy atom. The van der Waals surface area contributed by atoms with Gasteiger partial charge in [-0.15, -0.1) is 0 Å². The zero-order valence-electron chi connectivity index (χ0n) is 7.31. The highest BCUT2D eigenvalue weighted by Crippen LogP contribution is 2.31. The fourth-order valence-electron chi connectivity index (χ4n) is 1.34. The molecular formula is C10H6Cl2IN. The molecule has 0 saturated heterocycles. The molecule has 0 N–H and O–H groups in total. The first-order valence-corrected chi connectivity index (χ1v) is 5.83. The molecule has 14 heavy (non-hydrogen) atoms. The molecule has 0 atom stereocenters. The van der Waals surface area contributed by atoms with E-state index in [9.17, 15) is 0 Å². The van der Waals surface area contributed by atoms with Crippen molar-refractivity contribution in [1.29, 1.82) is 0 Å². The molecule has 0 aliphatic carbocycles. The zero-order chi connectivity index (χ0) is 10.3. The van der Waals surface area contributed by atoms with Crippen molar-refractivity contribution >= 4 is 56.7 Å². The number of aryl methyl sites for hydroxylation is 1. The normalized spacial score (nSPS) is 10.9. The van der Waals surface area contributed by atoms with Crippen LogP contribution >= 0.6 is 45.8 Å². The Hall–Kier alpha value is -0.0600. The molecule has 0 amide bonds. The molecule has 1 heterocycles. The molecule has 0 saturated carbocycles. The first-order chi connectivity index (χ1) is 6.59. The molecular weight excluding hydrogens is 332 g/mol. The van der Waals surface area contributed by atoms with Crippen molar-refractivity contribution in [2.45, 2.75) is 6.92 Å². The van der Waals surface area contributed by atoms with Crippen LogP contribution in [0.1, 0.15) is 5.56 Å². The summed E-state index contributed by atoms with van der Waals surface area (Å²) in [4.78, 5) is 4.26. The van der Waals surface area contributed by atoms with Crippen LogP contribution in [0.3, 0.4) is 0 Å². The van der Waals surface area contributed by atoms with Crippen molar-refractivity contribution in [2.75, 3.05) is 0 Å². The van der Waals surface area contributed by atoms with E-state index in [1.165, 1.54) is 0 Å². The lowest BCUT2D eigenvalue weighted by molar-refractivity contribution is 1.37. The number of benzene rings is 1. The lowest BCUT2D eigenvalue weighted by Crippen LogP contribution is -1.86. The SMILES string of the molecule is Cc1cc(Cl)c2ncc(I)c(Cl)c2c1. The Morgan fingerprint density at radius 2 is 2.00 bits per heavy atom. The minimum absolute atomic E-state index is 0.651. The Bertz CT molecular complexity index is 511. The number of rotatable bonds is 0. The highest BCUT2D eigenvalue weighted by atomic mass is 127. The minimum Gasteiger partial charge on any atom is -0.253 e. The second-order valence-electron chi connectivity index (χ2n) is 3.06. The minimum atomic E-state index is 0.651. The molecule has 1 aromatic heterocycles. The Balaban J connectivity index is 2.95. The molecule has 0 aliphatic rings. The van der Waals surface area contributed by atoms with Crippen LogP contribution in [-0.2, 0) is 0 Å². The van der Waals surface area contributed by atoms with Gasteiger partial charge >= 0.3 is 0 Å². The molecule has 0 unspecified atom stereocenters. The van der Waals surface area contributed by atoms with Crippen LogP contribution in [0.5, 0.6) is 0 Å². The van der Waals surface area contributed by atoms with Gasteiger partial charge in [-0.3, -0.25) is 4.98 Å². The van der Waals surface area contributed by atoms with Gasteiger partial charge in [0.25, 0.3) is 0 Å². The maximum Gasteiger partial charge on any atom is 0.0904 e. The summed E-state index contributed by atoms with van der Waals surface area (Å²) in [5.41, 5.74) is 1.86. The number of pyridine rings is 1. The summed E-state index contributed by atoms with van der Waals surface area (Å²) < 4.78 is 0.943.